The van der Waals surface area contributed by atoms with Gasteiger partial charge in [0.15, 0.2) is 0 Å². The summed E-state index contributed by atoms with van der Waals surface area (Å²) in [6.07, 6.45) is 5.85. The van der Waals surface area contributed by atoms with Gasteiger partial charge in [-0.25, -0.2) is 13.8 Å². The molecule has 0 bridgehead atoms. The normalized spacial score (nSPS) is 10.8. The fraction of sp³-hybridized carbons (Fsp3) is 0.136. The van der Waals surface area contributed by atoms with E-state index in [1.807, 2.05) is 36.5 Å². The number of hydrogen-bond acceptors (Lipinski definition) is 3. The second-order valence-electron chi connectivity index (χ2n) is 6.64. The Morgan fingerprint density at radius 2 is 1.79 bits per heavy atom. The van der Waals surface area contributed by atoms with Crippen LogP contribution in [0, 0.1) is 12.7 Å². The maximum atomic E-state index is 14.0. The maximum Gasteiger partial charge on any atom is 0.254 e. The quantitative estimate of drug-likeness (QED) is 0.549. The lowest BCUT2D eigenvalue weighted by Crippen LogP contribution is -2.26. The van der Waals surface area contributed by atoms with Crippen LogP contribution < -0.4 is 5.32 Å². The second kappa shape index (κ2) is 8.10. The Hall–Kier alpha value is -3.74. The molecule has 0 atom stereocenters. The summed E-state index contributed by atoms with van der Waals surface area (Å²) in [5, 5.41) is 11.4. The highest BCUT2D eigenvalue weighted by Gasteiger charge is 2.16. The molecule has 0 aliphatic rings. The van der Waals surface area contributed by atoms with Crippen LogP contribution in [0.15, 0.2) is 73.2 Å². The van der Waals surface area contributed by atoms with Gasteiger partial charge in [-0.15, -0.1) is 0 Å². The zero-order valence-corrected chi connectivity index (χ0v) is 15.9. The SMILES string of the molecule is Cc1c(C(=O)NCCc2cnn(-c3ccccc3)c2)cnn1-c1ccccc1F. The van der Waals surface area contributed by atoms with Crippen molar-refractivity contribution in [2.75, 3.05) is 6.54 Å². The average molecular weight is 389 g/mol. The number of aromatic nitrogens is 4. The van der Waals surface area contributed by atoms with Crippen LogP contribution in [0.1, 0.15) is 21.6 Å². The van der Waals surface area contributed by atoms with E-state index in [0.29, 0.717) is 29.9 Å². The molecule has 6 nitrogen and oxygen atoms in total. The fourth-order valence-electron chi connectivity index (χ4n) is 3.13. The van der Waals surface area contributed by atoms with E-state index >= 15 is 0 Å². The minimum absolute atomic E-state index is 0.236. The molecule has 1 amide bonds. The molecule has 0 saturated carbocycles. The first-order valence-corrected chi connectivity index (χ1v) is 9.30. The van der Waals surface area contributed by atoms with Gasteiger partial charge >= 0.3 is 0 Å². The fourth-order valence-corrected chi connectivity index (χ4v) is 3.13. The smallest absolute Gasteiger partial charge is 0.254 e. The molecule has 0 spiro atoms. The summed E-state index contributed by atoms with van der Waals surface area (Å²) in [5.74, 6) is -0.623. The van der Waals surface area contributed by atoms with Gasteiger partial charge in [0.25, 0.3) is 5.91 Å². The third-order valence-electron chi connectivity index (χ3n) is 4.69. The number of carbonyl (C=O) groups excluding carboxylic acids is 1. The molecule has 2 heterocycles. The van der Waals surface area contributed by atoms with Gasteiger partial charge in [-0.3, -0.25) is 4.79 Å². The molecule has 1 N–H and O–H groups in total. The topological polar surface area (TPSA) is 64.7 Å². The Morgan fingerprint density at radius 1 is 1.03 bits per heavy atom. The van der Waals surface area contributed by atoms with Crippen LogP contribution in [0.25, 0.3) is 11.4 Å². The van der Waals surface area contributed by atoms with Gasteiger partial charge in [-0.2, -0.15) is 10.2 Å². The molecule has 0 radical (unpaired) electrons. The molecule has 146 valence electrons. The van der Waals surface area contributed by atoms with Gasteiger partial charge in [-0.05, 0) is 43.2 Å². The van der Waals surface area contributed by atoms with E-state index < -0.39 is 0 Å². The number of benzene rings is 2. The highest BCUT2D eigenvalue weighted by Crippen LogP contribution is 2.17. The molecule has 0 unspecified atom stereocenters. The van der Waals surface area contributed by atoms with E-state index in [4.69, 9.17) is 0 Å². The van der Waals surface area contributed by atoms with Crippen LogP contribution in [-0.2, 0) is 6.42 Å². The van der Waals surface area contributed by atoms with Gasteiger partial charge in [0.2, 0.25) is 0 Å². The number of rotatable bonds is 6. The van der Waals surface area contributed by atoms with E-state index in [-0.39, 0.29) is 11.7 Å². The maximum absolute atomic E-state index is 14.0. The summed E-state index contributed by atoms with van der Waals surface area (Å²) in [6, 6.07) is 16.2. The molecule has 4 rings (SSSR count). The Kier molecular flexibility index (Phi) is 5.20. The van der Waals surface area contributed by atoms with Crippen LogP contribution in [-0.4, -0.2) is 32.0 Å². The van der Waals surface area contributed by atoms with Gasteiger partial charge in [0.1, 0.15) is 11.5 Å². The van der Waals surface area contributed by atoms with E-state index in [9.17, 15) is 9.18 Å². The largest absolute Gasteiger partial charge is 0.352 e. The zero-order valence-electron chi connectivity index (χ0n) is 15.9. The third-order valence-corrected chi connectivity index (χ3v) is 4.69. The Morgan fingerprint density at radius 3 is 2.59 bits per heavy atom. The van der Waals surface area contributed by atoms with Crippen LogP contribution in [0.3, 0.4) is 0 Å². The first-order chi connectivity index (χ1) is 14.1. The zero-order chi connectivity index (χ0) is 20.2. The van der Waals surface area contributed by atoms with Gasteiger partial charge in [-0.1, -0.05) is 30.3 Å². The lowest BCUT2D eigenvalue weighted by atomic mass is 10.2. The van der Waals surface area contributed by atoms with Crippen molar-refractivity contribution in [2.45, 2.75) is 13.3 Å². The molecule has 0 aliphatic carbocycles. The van der Waals surface area contributed by atoms with Crippen molar-refractivity contribution in [3.05, 3.63) is 95.8 Å². The van der Waals surface area contributed by atoms with E-state index in [1.165, 1.54) is 16.9 Å². The predicted molar refractivity (Wildman–Crippen MR) is 108 cm³/mol. The van der Waals surface area contributed by atoms with Crippen molar-refractivity contribution in [3.8, 4) is 11.4 Å². The van der Waals surface area contributed by atoms with Crippen LogP contribution in [0.5, 0.6) is 0 Å². The molecule has 2 aromatic carbocycles. The molecule has 0 fully saturated rings. The van der Waals surface area contributed by atoms with Crippen molar-refractivity contribution in [2.24, 2.45) is 0 Å². The number of para-hydroxylation sites is 2. The van der Waals surface area contributed by atoms with Crippen LogP contribution in [0.2, 0.25) is 0 Å². The van der Waals surface area contributed by atoms with Crippen molar-refractivity contribution in [3.63, 3.8) is 0 Å². The Balaban J connectivity index is 1.39. The minimum atomic E-state index is -0.388. The highest BCUT2D eigenvalue weighted by molar-refractivity contribution is 5.95. The first kappa shape index (κ1) is 18.6. The number of hydrogen-bond donors (Lipinski definition) is 1. The summed E-state index contributed by atoms with van der Waals surface area (Å²) in [4.78, 5) is 12.5. The van der Waals surface area contributed by atoms with E-state index in [1.54, 1.807) is 36.0 Å². The predicted octanol–water partition coefficient (Wildman–Crippen LogP) is 3.48. The molecular weight excluding hydrogens is 369 g/mol. The summed E-state index contributed by atoms with van der Waals surface area (Å²) < 4.78 is 17.3. The van der Waals surface area contributed by atoms with E-state index in [0.717, 1.165) is 11.3 Å². The number of nitrogens with one attached hydrogen (secondary N) is 1. The van der Waals surface area contributed by atoms with Gasteiger partial charge in [0, 0.05) is 12.7 Å². The summed E-state index contributed by atoms with van der Waals surface area (Å²) in [7, 11) is 0. The molecule has 29 heavy (non-hydrogen) atoms. The lowest BCUT2D eigenvalue weighted by Gasteiger charge is -2.07. The molecule has 0 aliphatic heterocycles. The third kappa shape index (κ3) is 3.94. The molecule has 7 heteroatoms. The van der Waals surface area contributed by atoms with Crippen molar-refractivity contribution < 1.29 is 9.18 Å². The lowest BCUT2D eigenvalue weighted by molar-refractivity contribution is 0.0953. The summed E-state index contributed by atoms with van der Waals surface area (Å²) in [6.45, 7) is 2.21. The minimum Gasteiger partial charge on any atom is -0.352 e. The molecular formula is C22H20FN5O. The van der Waals surface area contributed by atoms with Crippen molar-refractivity contribution >= 4 is 5.91 Å². The van der Waals surface area contributed by atoms with Crippen molar-refractivity contribution in [1.82, 2.24) is 24.9 Å². The van der Waals surface area contributed by atoms with E-state index in [2.05, 4.69) is 15.5 Å². The van der Waals surface area contributed by atoms with Crippen LogP contribution in [0.4, 0.5) is 4.39 Å². The molecule has 2 aromatic heterocycles. The molecule has 4 aromatic rings. The number of nitrogens with zero attached hydrogens (tertiary/aromatic N) is 4. The van der Waals surface area contributed by atoms with Crippen molar-refractivity contribution in [1.29, 1.82) is 0 Å². The second-order valence-corrected chi connectivity index (χ2v) is 6.64. The van der Waals surface area contributed by atoms with Gasteiger partial charge < -0.3 is 5.32 Å². The summed E-state index contributed by atoms with van der Waals surface area (Å²) >= 11 is 0. The number of halogens is 1. The Bertz CT molecular complexity index is 1130. The van der Waals surface area contributed by atoms with Gasteiger partial charge in [0.05, 0.1) is 29.3 Å². The monoisotopic (exact) mass is 389 g/mol. The number of carbonyl (C=O) groups is 1. The van der Waals surface area contributed by atoms with Crippen LogP contribution >= 0.6 is 0 Å². The summed E-state index contributed by atoms with van der Waals surface area (Å²) in [5.41, 5.74) is 3.34. The average Bonchev–Trinajstić information content (AvgIpc) is 3.36. The first-order valence-electron chi connectivity index (χ1n) is 9.30. The highest BCUT2D eigenvalue weighted by atomic mass is 19.1. The molecule has 0 saturated heterocycles. The number of amides is 1. The Labute approximate surface area is 167 Å². The standard InChI is InChI=1S/C22H20FN5O/c1-16-19(14-26-28(16)21-10-6-5-9-20(21)23)22(29)24-12-11-17-13-25-27(15-17)18-7-3-2-4-8-18/h2-10,13-15H,11-12H2,1H3,(H,24,29).